The Labute approximate surface area is 170 Å². The number of thiophene rings is 1. The molecule has 28 heavy (non-hydrogen) atoms. The van der Waals surface area contributed by atoms with Gasteiger partial charge in [-0.3, -0.25) is 9.59 Å². The van der Waals surface area contributed by atoms with Crippen LogP contribution >= 0.6 is 11.3 Å². The molecule has 2 N–H and O–H groups in total. The zero-order valence-corrected chi connectivity index (χ0v) is 16.8. The largest absolute Gasteiger partial charge is 0.380 e. The lowest BCUT2D eigenvalue weighted by molar-refractivity contribution is -0.129. The summed E-state index contributed by atoms with van der Waals surface area (Å²) in [5.41, 5.74) is 1.58. The molecule has 5 nitrogen and oxygen atoms in total. The summed E-state index contributed by atoms with van der Waals surface area (Å²) < 4.78 is 0. The van der Waals surface area contributed by atoms with Gasteiger partial charge in [-0.2, -0.15) is 0 Å². The van der Waals surface area contributed by atoms with Crippen molar-refractivity contribution in [2.24, 2.45) is 5.92 Å². The SMILES string of the molecule is O=C(NCC1CC(=O)N(C2CCCC2)C1)c1cccc(NCc2cccs2)c1. The standard InChI is InChI=1S/C22H27N3O2S/c26-21-11-16(15-25(21)19-7-1-2-8-19)13-24-22(27)17-5-3-6-18(12-17)23-14-20-9-4-10-28-20/h3-6,9-10,12,16,19,23H,1-2,7-8,11,13-15H2,(H,24,27). The van der Waals surface area contributed by atoms with Gasteiger partial charge < -0.3 is 15.5 Å². The minimum Gasteiger partial charge on any atom is -0.380 e. The van der Waals surface area contributed by atoms with Crippen molar-refractivity contribution in [3.8, 4) is 0 Å². The van der Waals surface area contributed by atoms with E-state index in [1.807, 2.05) is 30.3 Å². The van der Waals surface area contributed by atoms with E-state index < -0.39 is 0 Å². The third kappa shape index (κ3) is 4.55. The molecule has 1 aliphatic heterocycles. The van der Waals surface area contributed by atoms with Crippen LogP contribution in [0.1, 0.15) is 47.3 Å². The predicted molar refractivity (Wildman–Crippen MR) is 112 cm³/mol. The summed E-state index contributed by atoms with van der Waals surface area (Å²) in [7, 11) is 0. The summed E-state index contributed by atoms with van der Waals surface area (Å²) in [6.07, 6.45) is 5.28. The minimum absolute atomic E-state index is 0.0773. The van der Waals surface area contributed by atoms with Crippen LogP contribution in [0, 0.1) is 5.92 Å². The van der Waals surface area contributed by atoms with Crippen LogP contribution < -0.4 is 10.6 Å². The van der Waals surface area contributed by atoms with E-state index in [9.17, 15) is 9.59 Å². The number of nitrogens with zero attached hydrogens (tertiary/aromatic N) is 1. The number of amides is 2. The molecule has 1 aromatic carbocycles. The molecule has 6 heteroatoms. The molecule has 2 heterocycles. The predicted octanol–water partition coefficient (Wildman–Crippen LogP) is 3.88. The molecule has 1 saturated carbocycles. The molecule has 1 saturated heterocycles. The Bertz CT molecular complexity index is 815. The second kappa shape index (κ2) is 8.78. The van der Waals surface area contributed by atoms with Crippen molar-refractivity contribution in [1.82, 2.24) is 10.2 Å². The van der Waals surface area contributed by atoms with E-state index in [4.69, 9.17) is 0 Å². The van der Waals surface area contributed by atoms with Crippen LogP contribution in [-0.2, 0) is 11.3 Å². The van der Waals surface area contributed by atoms with Gasteiger partial charge in [-0.05, 0) is 42.5 Å². The Morgan fingerprint density at radius 2 is 2.04 bits per heavy atom. The van der Waals surface area contributed by atoms with Gasteiger partial charge >= 0.3 is 0 Å². The molecule has 0 bridgehead atoms. The number of benzene rings is 1. The van der Waals surface area contributed by atoms with Gasteiger partial charge in [0.15, 0.2) is 0 Å². The highest BCUT2D eigenvalue weighted by Crippen LogP contribution is 2.29. The number of anilines is 1. The minimum atomic E-state index is -0.0773. The number of carbonyl (C=O) groups excluding carboxylic acids is 2. The Morgan fingerprint density at radius 1 is 1.18 bits per heavy atom. The van der Waals surface area contributed by atoms with Crippen molar-refractivity contribution in [3.63, 3.8) is 0 Å². The van der Waals surface area contributed by atoms with Gasteiger partial charge in [-0.15, -0.1) is 11.3 Å². The maximum absolute atomic E-state index is 12.6. The van der Waals surface area contributed by atoms with E-state index in [-0.39, 0.29) is 17.7 Å². The fourth-order valence-electron chi connectivity index (χ4n) is 4.23. The van der Waals surface area contributed by atoms with Crippen LogP contribution in [0.2, 0.25) is 0 Å². The van der Waals surface area contributed by atoms with Crippen molar-refractivity contribution in [1.29, 1.82) is 0 Å². The average Bonchev–Trinajstić information content (AvgIpc) is 3.46. The summed E-state index contributed by atoms with van der Waals surface area (Å²) in [4.78, 5) is 28.2. The maximum atomic E-state index is 12.6. The Kier molecular flexibility index (Phi) is 5.95. The van der Waals surface area contributed by atoms with Crippen LogP contribution in [0.15, 0.2) is 41.8 Å². The second-order valence-corrected chi connectivity index (χ2v) is 8.81. The van der Waals surface area contributed by atoms with Crippen molar-refractivity contribution in [3.05, 3.63) is 52.2 Å². The monoisotopic (exact) mass is 397 g/mol. The third-order valence-electron chi connectivity index (χ3n) is 5.73. The van der Waals surface area contributed by atoms with Gasteiger partial charge in [0, 0.05) is 54.1 Å². The first-order chi connectivity index (χ1) is 13.7. The van der Waals surface area contributed by atoms with Gasteiger partial charge in [0.2, 0.25) is 5.91 Å². The zero-order valence-electron chi connectivity index (χ0n) is 16.0. The zero-order chi connectivity index (χ0) is 19.3. The van der Waals surface area contributed by atoms with Gasteiger partial charge in [0.25, 0.3) is 5.91 Å². The number of likely N-dealkylation sites (tertiary alicyclic amines) is 1. The first kappa shape index (κ1) is 19.0. The summed E-state index contributed by atoms with van der Waals surface area (Å²) in [6, 6.07) is 12.1. The highest BCUT2D eigenvalue weighted by atomic mass is 32.1. The fourth-order valence-corrected chi connectivity index (χ4v) is 4.87. The summed E-state index contributed by atoms with van der Waals surface area (Å²) in [5.74, 6) is 0.398. The topological polar surface area (TPSA) is 61.4 Å². The molecule has 2 aromatic rings. The van der Waals surface area contributed by atoms with E-state index in [2.05, 4.69) is 27.0 Å². The van der Waals surface area contributed by atoms with Crippen LogP contribution in [0.3, 0.4) is 0 Å². The molecule has 2 aliphatic rings. The lowest BCUT2D eigenvalue weighted by atomic mass is 10.1. The van der Waals surface area contributed by atoms with Crippen LogP contribution in [0.25, 0.3) is 0 Å². The molecule has 1 atom stereocenters. The van der Waals surface area contributed by atoms with Gasteiger partial charge in [-0.1, -0.05) is 25.0 Å². The molecular weight excluding hydrogens is 370 g/mol. The summed E-state index contributed by atoms with van der Waals surface area (Å²) in [5, 5.41) is 8.45. The third-order valence-corrected chi connectivity index (χ3v) is 6.60. The van der Waals surface area contributed by atoms with Crippen LogP contribution in [0.4, 0.5) is 5.69 Å². The van der Waals surface area contributed by atoms with Crippen LogP contribution in [0.5, 0.6) is 0 Å². The first-order valence-corrected chi connectivity index (χ1v) is 11.0. The van der Waals surface area contributed by atoms with Crippen molar-refractivity contribution in [2.75, 3.05) is 18.4 Å². The number of hydrogen-bond donors (Lipinski definition) is 2. The number of rotatable bonds is 7. The molecule has 1 aromatic heterocycles. The number of nitrogens with one attached hydrogen (secondary N) is 2. The molecule has 0 spiro atoms. The van der Waals surface area contributed by atoms with E-state index in [0.717, 1.165) is 31.6 Å². The molecule has 0 radical (unpaired) electrons. The lowest BCUT2D eigenvalue weighted by Crippen LogP contribution is -2.36. The molecule has 1 aliphatic carbocycles. The summed E-state index contributed by atoms with van der Waals surface area (Å²) >= 11 is 1.71. The molecule has 4 rings (SSSR count). The van der Waals surface area contributed by atoms with E-state index in [1.165, 1.54) is 17.7 Å². The van der Waals surface area contributed by atoms with Gasteiger partial charge in [-0.25, -0.2) is 0 Å². The van der Waals surface area contributed by atoms with Crippen LogP contribution in [-0.4, -0.2) is 35.8 Å². The van der Waals surface area contributed by atoms with E-state index in [0.29, 0.717) is 24.6 Å². The van der Waals surface area contributed by atoms with Crippen molar-refractivity contribution in [2.45, 2.75) is 44.7 Å². The highest BCUT2D eigenvalue weighted by molar-refractivity contribution is 7.09. The normalized spacial score (nSPS) is 19.9. The van der Waals surface area contributed by atoms with Crippen molar-refractivity contribution >= 4 is 28.8 Å². The Hall–Kier alpha value is -2.34. The summed E-state index contributed by atoms with van der Waals surface area (Å²) in [6.45, 7) is 2.09. The number of hydrogen-bond acceptors (Lipinski definition) is 4. The van der Waals surface area contributed by atoms with Gasteiger partial charge in [0.1, 0.15) is 0 Å². The average molecular weight is 398 g/mol. The molecule has 1 unspecified atom stereocenters. The molecular formula is C22H27N3O2S. The van der Waals surface area contributed by atoms with Crippen molar-refractivity contribution < 1.29 is 9.59 Å². The van der Waals surface area contributed by atoms with E-state index in [1.54, 1.807) is 11.3 Å². The van der Waals surface area contributed by atoms with E-state index >= 15 is 0 Å². The molecule has 148 valence electrons. The molecule has 2 amide bonds. The highest BCUT2D eigenvalue weighted by Gasteiger charge is 2.35. The van der Waals surface area contributed by atoms with Gasteiger partial charge in [0.05, 0.1) is 0 Å². The smallest absolute Gasteiger partial charge is 0.251 e. The second-order valence-electron chi connectivity index (χ2n) is 7.78. The maximum Gasteiger partial charge on any atom is 0.251 e. The lowest BCUT2D eigenvalue weighted by Gasteiger charge is -2.24. The number of carbonyl (C=O) groups is 2. The molecule has 2 fully saturated rings. The quantitative estimate of drug-likeness (QED) is 0.745. The Morgan fingerprint density at radius 3 is 2.82 bits per heavy atom. The Balaban J connectivity index is 1.28. The first-order valence-electron chi connectivity index (χ1n) is 10.1. The fraction of sp³-hybridized carbons (Fsp3) is 0.455.